The molecule has 0 saturated carbocycles. The van der Waals surface area contributed by atoms with E-state index in [0.29, 0.717) is 17.6 Å². The highest BCUT2D eigenvalue weighted by atomic mass is 35.5. The second kappa shape index (κ2) is 6.98. The predicted octanol–water partition coefficient (Wildman–Crippen LogP) is 3.65. The number of nitrogen functional groups attached to an aromatic ring is 1. The van der Waals surface area contributed by atoms with Crippen LogP contribution in [0.25, 0.3) is 0 Å². The lowest BCUT2D eigenvalue weighted by Crippen LogP contribution is -2.46. The van der Waals surface area contributed by atoms with Gasteiger partial charge in [0.05, 0.1) is 0 Å². The summed E-state index contributed by atoms with van der Waals surface area (Å²) in [4.78, 5) is 14.8. The number of halogens is 1. The quantitative estimate of drug-likeness (QED) is 0.847. The summed E-state index contributed by atoms with van der Waals surface area (Å²) in [5, 5.41) is 0. The molecule has 1 fully saturated rings. The number of rotatable bonds is 2. The normalized spacial score (nSPS) is 18.8. The number of amides is 1. The van der Waals surface area contributed by atoms with Gasteiger partial charge in [-0.3, -0.25) is 4.79 Å². The minimum atomic E-state index is 0. The van der Waals surface area contributed by atoms with Crippen LogP contribution in [0.3, 0.4) is 0 Å². The fourth-order valence-electron chi connectivity index (χ4n) is 2.93. The zero-order valence-corrected chi connectivity index (χ0v) is 13.4. The van der Waals surface area contributed by atoms with Crippen LogP contribution in [0.4, 0.5) is 5.69 Å². The Bertz CT molecular complexity index is 474. The molecule has 0 bridgehead atoms. The van der Waals surface area contributed by atoms with Gasteiger partial charge in [-0.2, -0.15) is 0 Å². The molecule has 4 heteroatoms. The van der Waals surface area contributed by atoms with Gasteiger partial charge < -0.3 is 10.6 Å². The number of carbonyl (C=O) groups is 1. The number of nitrogens with zero attached hydrogens (tertiary/aromatic N) is 1. The van der Waals surface area contributed by atoms with Crippen molar-refractivity contribution in [1.82, 2.24) is 4.90 Å². The molecular formula is C16H25ClN2O. The molecule has 3 nitrogen and oxygen atoms in total. The van der Waals surface area contributed by atoms with Gasteiger partial charge >= 0.3 is 0 Å². The molecule has 1 saturated heterocycles. The van der Waals surface area contributed by atoms with E-state index in [1.165, 1.54) is 6.42 Å². The van der Waals surface area contributed by atoms with E-state index in [1.54, 1.807) is 0 Å². The number of carbonyl (C=O) groups excluding carboxylic acids is 1. The molecule has 1 aromatic rings. The first-order chi connectivity index (χ1) is 9.00. The Morgan fingerprint density at radius 1 is 1.35 bits per heavy atom. The SMILES string of the molecule is Cc1ccc(N)cc1C(=O)N1CCCCC1C(C)C.Cl. The first kappa shape index (κ1) is 16.8. The molecule has 1 aliphatic heterocycles. The van der Waals surface area contributed by atoms with Gasteiger partial charge in [0.15, 0.2) is 0 Å². The van der Waals surface area contributed by atoms with E-state index in [9.17, 15) is 4.79 Å². The summed E-state index contributed by atoms with van der Waals surface area (Å²) in [5.41, 5.74) is 8.24. The summed E-state index contributed by atoms with van der Waals surface area (Å²) in [6.45, 7) is 7.24. The van der Waals surface area contributed by atoms with Crippen LogP contribution in [0, 0.1) is 12.8 Å². The maximum atomic E-state index is 12.8. The molecule has 1 atom stereocenters. The molecular weight excluding hydrogens is 272 g/mol. The monoisotopic (exact) mass is 296 g/mol. The van der Waals surface area contributed by atoms with E-state index in [2.05, 4.69) is 18.7 Å². The zero-order chi connectivity index (χ0) is 14.0. The first-order valence-electron chi connectivity index (χ1n) is 7.18. The number of hydrogen-bond donors (Lipinski definition) is 1. The van der Waals surface area contributed by atoms with Crippen LogP contribution in [0.2, 0.25) is 0 Å². The average molecular weight is 297 g/mol. The molecule has 2 N–H and O–H groups in total. The van der Waals surface area contributed by atoms with Crippen LogP contribution in [-0.4, -0.2) is 23.4 Å². The summed E-state index contributed by atoms with van der Waals surface area (Å²) in [7, 11) is 0. The van der Waals surface area contributed by atoms with E-state index >= 15 is 0 Å². The molecule has 1 aromatic carbocycles. The fourth-order valence-corrected chi connectivity index (χ4v) is 2.93. The van der Waals surface area contributed by atoms with Crippen molar-refractivity contribution in [3.05, 3.63) is 29.3 Å². The van der Waals surface area contributed by atoms with Gasteiger partial charge in [0.1, 0.15) is 0 Å². The minimum absolute atomic E-state index is 0. The molecule has 0 spiro atoms. The van der Waals surface area contributed by atoms with Crippen LogP contribution in [-0.2, 0) is 0 Å². The summed E-state index contributed by atoms with van der Waals surface area (Å²) in [6.07, 6.45) is 3.45. The third-order valence-electron chi connectivity index (χ3n) is 4.07. The van der Waals surface area contributed by atoms with Crippen LogP contribution in [0.1, 0.15) is 49.0 Å². The second-order valence-corrected chi connectivity index (χ2v) is 5.88. The number of aryl methyl sites for hydroxylation is 1. The lowest BCUT2D eigenvalue weighted by atomic mass is 9.91. The van der Waals surface area contributed by atoms with Crippen molar-refractivity contribution in [3.8, 4) is 0 Å². The molecule has 2 rings (SSSR count). The largest absolute Gasteiger partial charge is 0.399 e. The molecule has 0 radical (unpaired) electrons. The maximum Gasteiger partial charge on any atom is 0.254 e. The van der Waals surface area contributed by atoms with Crippen molar-refractivity contribution < 1.29 is 4.79 Å². The number of nitrogens with two attached hydrogens (primary N) is 1. The Labute approximate surface area is 127 Å². The first-order valence-corrected chi connectivity index (χ1v) is 7.18. The van der Waals surface area contributed by atoms with Gasteiger partial charge in [-0.25, -0.2) is 0 Å². The van der Waals surface area contributed by atoms with Crippen LogP contribution >= 0.6 is 12.4 Å². The number of piperidine rings is 1. The van der Waals surface area contributed by atoms with E-state index in [1.807, 2.05) is 25.1 Å². The molecule has 1 amide bonds. The van der Waals surface area contributed by atoms with Crippen LogP contribution in [0.15, 0.2) is 18.2 Å². The summed E-state index contributed by atoms with van der Waals surface area (Å²) < 4.78 is 0. The molecule has 1 heterocycles. The van der Waals surface area contributed by atoms with Gasteiger partial charge in [0.2, 0.25) is 0 Å². The molecule has 20 heavy (non-hydrogen) atoms. The Balaban J connectivity index is 0.00000200. The number of benzene rings is 1. The third-order valence-corrected chi connectivity index (χ3v) is 4.07. The molecule has 0 aliphatic carbocycles. The van der Waals surface area contributed by atoms with Crippen molar-refractivity contribution in [3.63, 3.8) is 0 Å². The van der Waals surface area contributed by atoms with E-state index in [-0.39, 0.29) is 18.3 Å². The maximum absolute atomic E-state index is 12.8. The van der Waals surface area contributed by atoms with Gasteiger partial charge in [0.25, 0.3) is 5.91 Å². The van der Waals surface area contributed by atoms with E-state index in [0.717, 1.165) is 30.5 Å². The van der Waals surface area contributed by atoms with Gasteiger partial charge in [0, 0.05) is 23.8 Å². The molecule has 1 aliphatic rings. The number of hydrogen-bond acceptors (Lipinski definition) is 2. The van der Waals surface area contributed by atoms with Crippen LogP contribution in [0.5, 0.6) is 0 Å². The Kier molecular flexibility index (Phi) is 5.88. The second-order valence-electron chi connectivity index (χ2n) is 5.88. The van der Waals surface area contributed by atoms with Gasteiger partial charge in [-0.15, -0.1) is 12.4 Å². The van der Waals surface area contributed by atoms with Crippen molar-refractivity contribution in [2.24, 2.45) is 5.92 Å². The Morgan fingerprint density at radius 2 is 2.05 bits per heavy atom. The average Bonchev–Trinajstić information content (AvgIpc) is 2.40. The smallest absolute Gasteiger partial charge is 0.254 e. The fraction of sp³-hybridized carbons (Fsp3) is 0.562. The highest BCUT2D eigenvalue weighted by Gasteiger charge is 2.30. The Morgan fingerprint density at radius 3 is 2.70 bits per heavy atom. The molecule has 112 valence electrons. The van der Waals surface area contributed by atoms with Crippen molar-refractivity contribution in [2.75, 3.05) is 12.3 Å². The number of anilines is 1. The molecule has 1 unspecified atom stereocenters. The van der Waals surface area contributed by atoms with E-state index < -0.39 is 0 Å². The number of likely N-dealkylation sites (tertiary alicyclic amines) is 1. The highest BCUT2D eigenvalue weighted by molar-refractivity contribution is 5.96. The predicted molar refractivity (Wildman–Crippen MR) is 86.4 cm³/mol. The van der Waals surface area contributed by atoms with E-state index in [4.69, 9.17) is 5.73 Å². The lowest BCUT2D eigenvalue weighted by Gasteiger charge is -2.38. The zero-order valence-electron chi connectivity index (χ0n) is 12.6. The van der Waals surface area contributed by atoms with Crippen molar-refractivity contribution >= 4 is 24.0 Å². The third kappa shape index (κ3) is 3.45. The standard InChI is InChI=1S/C16H24N2O.ClH/c1-11(2)15-6-4-5-9-18(15)16(19)14-10-13(17)8-7-12(14)3;/h7-8,10-11,15H,4-6,9,17H2,1-3H3;1H. The molecule has 0 aromatic heterocycles. The van der Waals surface area contributed by atoms with Gasteiger partial charge in [-0.05, 0) is 49.8 Å². The van der Waals surface area contributed by atoms with Crippen LogP contribution < -0.4 is 5.73 Å². The Hall–Kier alpha value is -1.22. The van der Waals surface area contributed by atoms with Crippen molar-refractivity contribution in [2.45, 2.75) is 46.1 Å². The van der Waals surface area contributed by atoms with Crippen molar-refractivity contribution in [1.29, 1.82) is 0 Å². The topological polar surface area (TPSA) is 46.3 Å². The summed E-state index contributed by atoms with van der Waals surface area (Å²) >= 11 is 0. The summed E-state index contributed by atoms with van der Waals surface area (Å²) in [6, 6.07) is 5.95. The summed E-state index contributed by atoms with van der Waals surface area (Å²) in [5.74, 6) is 0.647. The lowest BCUT2D eigenvalue weighted by molar-refractivity contribution is 0.0542. The van der Waals surface area contributed by atoms with Gasteiger partial charge in [-0.1, -0.05) is 19.9 Å². The minimum Gasteiger partial charge on any atom is -0.399 e. The highest BCUT2D eigenvalue weighted by Crippen LogP contribution is 2.26.